The first kappa shape index (κ1) is 16.8. The Hall–Kier alpha value is -3.15. The number of fused-ring (bicyclic) bond motifs is 5. The maximum absolute atomic E-state index is 13.0. The first-order chi connectivity index (χ1) is 14.3. The minimum atomic E-state index is 0.00479. The summed E-state index contributed by atoms with van der Waals surface area (Å²) in [7, 11) is 0. The number of rotatable bonds is 1. The van der Waals surface area contributed by atoms with Crippen LogP contribution < -0.4 is 18.9 Å². The molecule has 4 aliphatic heterocycles. The lowest BCUT2D eigenvalue weighted by atomic mass is 9.85. The Kier molecular flexibility index (Phi) is 3.72. The van der Waals surface area contributed by atoms with Gasteiger partial charge in [0.25, 0.3) is 0 Å². The summed E-state index contributed by atoms with van der Waals surface area (Å²) in [5.41, 5.74) is 4.31. The van der Waals surface area contributed by atoms with E-state index >= 15 is 0 Å². The summed E-state index contributed by atoms with van der Waals surface area (Å²) in [5, 5.41) is 0. The Morgan fingerprint density at radius 3 is 2.59 bits per heavy atom. The monoisotopic (exact) mass is 391 g/mol. The van der Waals surface area contributed by atoms with Gasteiger partial charge < -0.3 is 23.8 Å². The molecule has 1 amide bonds. The lowest BCUT2D eigenvalue weighted by Gasteiger charge is -2.37. The van der Waals surface area contributed by atoms with Gasteiger partial charge in [0, 0.05) is 36.6 Å². The number of allylic oxidation sites excluding steroid dienone is 1. The summed E-state index contributed by atoms with van der Waals surface area (Å²) in [4.78, 5) is 14.9. The predicted molar refractivity (Wildman–Crippen MR) is 105 cm³/mol. The Bertz CT molecular complexity index is 1040. The second-order valence-electron chi connectivity index (χ2n) is 7.78. The molecular formula is C23H21NO5. The molecular weight excluding hydrogens is 370 g/mol. The molecule has 1 atom stereocenters. The van der Waals surface area contributed by atoms with Crippen LogP contribution in [0.2, 0.25) is 0 Å². The van der Waals surface area contributed by atoms with Gasteiger partial charge in [-0.1, -0.05) is 12.1 Å². The summed E-state index contributed by atoms with van der Waals surface area (Å²) in [6.07, 6.45) is 4.37. The van der Waals surface area contributed by atoms with E-state index in [1.165, 1.54) is 5.56 Å². The molecule has 6 rings (SSSR count). The van der Waals surface area contributed by atoms with Gasteiger partial charge in [-0.15, -0.1) is 0 Å². The van der Waals surface area contributed by atoms with Crippen LogP contribution in [0.15, 0.2) is 36.4 Å². The van der Waals surface area contributed by atoms with E-state index in [9.17, 15) is 4.79 Å². The van der Waals surface area contributed by atoms with E-state index in [0.717, 1.165) is 52.7 Å². The number of hydrogen-bond donors (Lipinski definition) is 0. The van der Waals surface area contributed by atoms with Crippen molar-refractivity contribution in [3.8, 4) is 23.0 Å². The van der Waals surface area contributed by atoms with Crippen molar-refractivity contribution in [3.63, 3.8) is 0 Å². The SMILES string of the molecule is O=C1CC(c2ccc3c(c2)OCO3)C=C2c3cc4c(cc3CCN12)OCCCO4. The quantitative estimate of drug-likeness (QED) is 0.745. The molecule has 0 bridgehead atoms. The number of carbonyl (C=O) groups excluding carboxylic acids is 1. The van der Waals surface area contributed by atoms with Crippen LogP contribution in [0.4, 0.5) is 0 Å². The standard InChI is InChI=1S/C23H21NO5/c25-23-11-16(14-2-3-19-20(9-14)29-13-28-19)8-18-17-12-22-21(26-6-1-7-27-22)10-15(17)4-5-24(18)23/h2-3,8-10,12,16H,1,4-7,11,13H2. The molecule has 1 unspecified atom stereocenters. The van der Waals surface area contributed by atoms with E-state index in [1.54, 1.807) is 0 Å². The molecule has 0 fully saturated rings. The molecule has 0 saturated carbocycles. The highest BCUT2D eigenvalue weighted by atomic mass is 16.7. The van der Waals surface area contributed by atoms with Crippen LogP contribution in [-0.2, 0) is 11.2 Å². The van der Waals surface area contributed by atoms with Crippen molar-refractivity contribution in [3.05, 3.63) is 53.1 Å². The Balaban J connectivity index is 1.43. The van der Waals surface area contributed by atoms with Gasteiger partial charge in [-0.05, 0) is 41.8 Å². The molecule has 6 nitrogen and oxygen atoms in total. The van der Waals surface area contributed by atoms with E-state index in [4.69, 9.17) is 18.9 Å². The van der Waals surface area contributed by atoms with Crippen molar-refractivity contribution in [2.45, 2.75) is 25.2 Å². The highest BCUT2D eigenvalue weighted by molar-refractivity contribution is 5.92. The van der Waals surface area contributed by atoms with Crippen molar-refractivity contribution >= 4 is 11.6 Å². The van der Waals surface area contributed by atoms with E-state index in [0.29, 0.717) is 26.2 Å². The second-order valence-corrected chi connectivity index (χ2v) is 7.78. The third kappa shape index (κ3) is 2.74. The highest BCUT2D eigenvalue weighted by Gasteiger charge is 2.34. The molecule has 29 heavy (non-hydrogen) atoms. The molecule has 6 heteroatoms. The van der Waals surface area contributed by atoms with Crippen LogP contribution in [-0.4, -0.2) is 37.4 Å². The number of benzene rings is 2. The fourth-order valence-corrected chi connectivity index (χ4v) is 4.54. The van der Waals surface area contributed by atoms with Crippen LogP contribution in [0.1, 0.15) is 35.4 Å². The largest absolute Gasteiger partial charge is 0.490 e. The molecule has 2 aromatic carbocycles. The molecule has 0 N–H and O–H groups in total. The van der Waals surface area contributed by atoms with E-state index in [2.05, 4.69) is 12.1 Å². The van der Waals surface area contributed by atoms with E-state index < -0.39 is 0 Å². The van der Waals surface area contributed by atoms with Gasteiger partial charge in [0.15, 0.2) is 23.0 Å². The fourth-order valence-electron chi connectivity index (χ4n) is 4.54. The van der Waals surface area contributed by atoms with Crippen LogP contribution in [0, 0.1) is 0 Å². The molecule has 0 radical (unpaired) electrons. The Morgan fingerprint density at radius 1 is 0.897 bits per heavy atom. The predicted octanol–water partition coefficient (Wildman–Crippen LogP) is 3.49. The Morgan fingerprint density at radius 2 is 1.69 bits per heavy atom. The first-order valence-corrected chi connectivity index (χ1v) is 10.1. The molecule has 0 spiro atoms. The van der Waals surface area contributed by atoms with Crippen LogP contribution >= 0.6 is 0 Å². The number of ether oxygens (including phenoxy) is 4. The van der Waals surface area contributed by atoms with Gasteiger partial charge in [0.05, 0.1) is 13.2 Å². The molecule has 2 aromatic rings. The summed E-state index contributed by atoms with van der Waals surface area (Å²) >= 11 is 0. The molecule has 148 valence electrons. The summed E-state index contributed by atoms with van der Waals surface area (Å²) < 4.78 is 22.7. The normalized spacial score (nSPS) is 21.8. The zero-order chi connectivity index (χ0) is 19.4. The van der Waals surface area contributed by atoms with Crippen molar-refractivity contribution in [1.29, 1.82) is 0 Å². The molecule has 4 aliphatic rings. The van der Waals surface area contributed by atoms with E-state index in [-0.39, 0.29) is 18.6 Å². The van der Waals surface area contributed by atoms with Crippen LogP contribution in [0.25, 0.3) is 5.70 Å². The minimum absolute atomic E-state index is 0.00479. The number of nitrogens with zero attached hydrogens (tertiary/aromatic N) is 1. The number of amides is 1. The van der Waals surface area contributed by atoms with Gasteiger partial charge in [-0.25, -0.2) is 0 Å². The molecule has 4 heterocycles. The smallest absolute Gasteiger partial charge is 0.231 e. The van der Waals surface area contributed by atoms with Crippen molar-refractivity contribution in [2.24, 2.45) is 0 Å². The van der Waals surface area contributed by atoms with Gasteiger partial charge in [0.2, 0.25) is 12.7 Å². The average molecular weight is 391 g/mol. The molecule has 0 aliphatic carbocycles. The van der Waals surface area contributed by atoms with Crippen LogP contribution in [0.5, 0.6) is 23.0 Å². The van der Waals surface area contributed by atoms with Crippen molar-refractivity contribution < 1.29 is 23.7 Å². The highest BCUT2D eigenvalue weighted by Crippen LogP contribution is 2.44. The first-order valence-electron chi connectivity index (χ1n) is 10.1. The van der Waals surface area contributed by atoms with E-state index in [1.807, 2.05) is 29.2 Å². The number of carbonyl (C=O) groups is 1. The maximum atomic E-state index is 13.0. The third-order valence-corrected chi connectivity index (χ3v) is 6.02. The lowest BCUT2D eigenvalue weighted by Crippen LogP contribution is -2.38. The second kappa shape index (κ2) is 6.44. The van der Waals surface area contributed by atoms with Crippen molar-refractivity contribution in [1.82, 2.24) is 4.90 Å². The average Bonchev–Trinajstić information content (AvgIpc) is 3.09. The summed E-state index contributed by atoms with van der Waals surface area (Å²) in [6.45, 7) is 2.27. The molecule has 0 saturated heterocycles. The fraction of sp³-hybridized carbons (Fsp3) is 0.348. The topological polar surface area (TPSA) is 57.2 Å². The maximum Gasteiger partial charge on any atom is 0.231 e. The third-order valence-electron chi connectivity index (χ3n) is 6.02. The zero-order valence-corrected chi connectivity index (χ0v) is 16.0. The summed E-state index contributed by atoms with van der Waals surface area (Å²) in [6, 6.07) is 10.1. The van der Waals surface area contributed by atoms with Gasteiger partial charge in [-0.3, -0.25) is 4.79 Å². The van der Waals surface area contributed by atoms with Gasteiger partial charge >= 0.3 is 0 Å². The minimum Gasteiger partial charge on any atom is -0.490 e. The van der Waals surface area contributed by atoms with Crippen molar-refractivity contribution in [2.75, 3.05) is 26.6 Å². The number of hydrogen-bond acceptors (Lipinski definition) is 5. The zero-order valence-electron chi connectivity index (χ0n) is 16.0. The van der Waals surface area contributed by atoms with Crippen LogP contribution in [0.3, 0.4) is 0 Å². The Labute approximate surface area is 168 Å². The van der Waals surface area contributed by atoms with Gasteiger partial charge in [0.1, 0.15) is 0 Å². The summed E-state index contributed by atoms with van der Waals surface area (Å²) in [5.74, 6) is 3.24. The molecule has 0 aromatic heterocycles. The lowest BCUT2D eigenvalue weighted by molar-refractivity contribution is -0.128. The van der Waals surface area contributed by atoms with Gasteiger partial charge in [-0.2, -0.15) is 0 Å².